The molecular formula is C10H8F2N4OS. The van der Waals surface area contributed by atoms with E-state index in [1.165, 1.54) is 16.0 Å². The Bertz CT molecular complexity index is 715. The zero-order valence-electron chi connectivity index (χ0n) is 9.52. The average molecular weight is 270 g/mol. The van der Waals surface area contributed by atoms with Crippen molar-refractivity contribution in [1.82, 2.24) is 19.9 Å². The summed E-state index contributed by atoms with van der Waals surface area (Å²) >= 11 is 1.30. The number of aromatic nitrogens is 4. The first-order chi connectivity index (χ1) is 8.56. The van der Waals surface area contributed by atoms with E-state index in [1.807, 2.05) is 0 Å². The molecule has 0 atom stereocenters. The Balaban J connectivity index is 2.19. The third-order valence-corrected chi connectivity index (χ3v) is 3.68. The van der Waals surface area contributed by atoms with E-state index < -0.39 is 6.43 Å². The predicted octanol–water partition coefficient (Wildman–Crippen LogP) is 2.93. The van der Waals surface area contributed by atoms with Crippen LogP contribution in [0.3, 0.4) is 0 Å². The molecule has 0 unspecified atom stereocenters. The fourth-order valence-corrected chi connectivity index (χ4v) is 2.73. The number of thiophene rings is 1. The third kappa shape index (κ3) is 1.60. The van der Waals surface area contributed by atoms with Crippen LogP contribution in [-0.2, 0) is 7.05 Å². The standard InChI is InChI=1S/C10H8F2N4OS/c1-4-13-9(17-15-4)6-3-5-7(8(11)12)14-16(2)10(5)18-6/h3,8H,1-2H3. The van der Waals surface area contributed by atoms with E-state index in [1.54, 1.807) is 20.0 Å². The van der Waals surface area contributed by atoms with Crippen LogP contribution in [0, 0.1) is 6.92 Å². The van der Waals surface area contributed by atoms with Gasteiger partial charge in [0.25, 0.3) is 12.3 Å². The number of rotatable bonds is 2. The molecule has 0 saturated heterocycles. The van der Waals surface area contributed by atoms with Crippen LogP contribution >= 0.6 is 11.3 Å². The van der Waals surface area contributed by atoms with Gasteiger partial charge in [-0.15, -0.1) is 11.3 Å². The Kier molecular flexibility index (Phi) is 2.40. The molecule has 0 aromatic carbocycles. The van der Waals surface area contributed by atoms with E-state index in [9.17, 15) is 8.78 Å². The van der Waals surface area contributed by atoms with Gasteiger partial charge in [-0.1, -0.05) is 5.16 Å². The summed E-state index contributed by atoms with van der Waals surface area (Å²) < 4.78 is 32.1. The molecule has 94 valence electrons. The summed E-state index contributed by atoms with van der Waals surface area (Å²) in [5.41, 5.74) is -0.216. The van der Waals surface area contributed by atoms with E-state index in [0.29, 0.717) is 26.8 Å². The van der Waals surface area contributed by atoms with Crippen molar-refractivity contribution in [2.45, 2.75) is 13.3 Å². The fourth-order valence-electron chi connectivity index (χ4n) is 1.73. The minimum atomic E-state index is -2.60. The lowest BCUT2D eigenvalue weighted by Crippen LogP contribution is -1.91. The summed E-state index contributed by atoms with van der Waals surface area (Å²) in [5.74, 6) is 0.851. The minimum absolute atomic E-state index is 0.216. The maximum absolute atomic E-state index is 12.8. The van der Waals surface area contributed by atoms with Crippen molar-refractivity contribution >= 4 is 21.6 Å². The molecule has 0 aliphatic rings. The molecule has 0 saturated carbocycles. The van der Waals surface area contributed by atoms with E-state index in [0.717, 1.165) is 0 Å². The van der Waals surface area contributed by atoms with Crippen LogP contribution in [0.5, 0.6) is 0 Å². The first-order valence-electron chi connectivity index (χ1n) is 5.11. The summed E-state index contributed by atoms with van der Waals surface area (Å²) in [6.45, 7) is 1.70. The Labute approximate surface area is 104 Å². The van der Waals surface area contributed by atoms with E-state index in [2.05, 4.69) is 15.2 Å². The topological polar surface area (TPSA) is 56.7 Å². The Morgan fingerprint density at radius 3 is 2.83 bits per heavy atom. The largest absolute Gasteiger partial charge is 0.333 e. The van der Waals surface area contributed by atoms with Crippen molar-refractivity contribution < 1.29 is 13.3 Å². The lowest BCUT2D eigenvalue weighted by molar-refractivity contribution is 0.147. The number of nitrogens with zero attached hydrogens (tertiary/aromatic N) is 4. The number of halogens is 2. The monoisotopic (exact) mass is 270 g/mol. The molecule has 0 N–H and O–H groups in total. The highest BCUT2D eigenvalue weighted by atomic mass is 32.1. The molecule has 3 heterocycles. The maximum Gasteiger partial charge on any atom is 0.282 e. The molecule has 5 nitrogen and oxygen atoms in total. The quantitative estimate of drug-likeness (QED) is 0.718. The molecule has 3 aromatic rings. The number of hydrogen-bond donors (Lipinski definition) is 0. The second-order valence-corrected chi connectivity index (χ2v) is 4.82. The van der Waals surface area contributed by atoms with Gasteiger partial charge in [-0.05, 0) is 13.0 Å². The lowest BCUT2D eigenvalue weighted by atomic mass is 10.3. The molecule has 0 spiro atoms. The first-order valence-corrected chi connectivity index (χ1v) is 5.93. The molecule has 0 radical (unpaired) electrons. The number of alkyl halides is 2. The normalized spacial score (nSPS) is 11.8. The molecule has 0 fully saturated rings. The van der Waals surface area contributed by atoms with Gasteiger partial charge in [-0.25, -0.2) is 8.78 Å². The van der Waals surface area contributed by atoms with Crippen LogP contribution < -0.4 is 0 Å². The van der Waals surface area contributed by atoms with Gasteiger partial charge in [0.05, 0.1) is 4.88 Å². The van der Waals surface area contributed by atoms with E-state index >= 15 is 0 Å². The Morgan fingerprint density at radius 2 is 2.22 bits per heavy atom. The Hall–Kier alpha value is -1.83. The second kappa shape index (κ2) is 3.84. The highest BCUT2D eigenvalue weighted by Crippen LogP contribution is 2.36. The van der Waals surface area contributed by atoms with Crippen LogP contribution in [0.15, 0.2) is 10.6 Å². The highest BCUT2D eigenvalue weighted by Gasteiger charge is 2.21. The molecule has 3 aromatic heterocycles. The van der Waals surface area contributed by atoms with Crippen molar-refractivity contribution in [2.75, 3.05) is 0 Å². The van der Waals surface area contributed by atoms with Crippen molar-refractivity contribution in [3.05, 3.63) is 17.6 Å². The number of hydrogen-bond acceptors (Lipinski definition) is 5. The van der Waals surface area contributed by atoms with Crippen molar-refractivity contribution in [3.63, 3.8) is 0 Å². The zero-order valence-corrected chi connectivity index (χ0v) is 10.3. The zero-order chi connectivity index (χ0) is 12.9. The van der Waals surface area contributed by atoms with Crippen LogP contribution in [-0.4, -0.2) is 19.9 Å². The van der Waals surface area contributed by atoms with E-state index in [-0.39, 0.29) is 5.69 Å². The molecule has 8 heteroatoms. The average Bonchev–Trinajstić information content (AvgIpc) is 2.95. The van der Waals surface area contributed by atoms with Gasteiger partial charge in [-0.2, -0.15) is 10.1 Å². The molecular weight excluding hydrogens is 262 g/mol. The summed E-state index contributed by atoms with van der Waals surface area (Å²) in [4.78, 5) is 5.41. The SMILES string of the molecule is Cc1noc(-c2cc3c(C(F)F)nn(C)c3s2)n1. The van der Waals surface area contributed by atoms with Crippen molar-refractivity contribution in [3.8, 4) is 10.8 Å². The lowest BCUT2D eigenvalue weighted by Gasteiger charge is -1.92. The molecule has 18 heavy (non-hydrogen) atoms. The van der Waals surface area contributed by atoms with Crippen LogP contribution in [0.1, 0.15) is 17.9 Å². The number of fused-ring (bicyclic) bond motifs is 1. The van der Waals surface area contributed by atoms with Gasteiger partial charge in [0.15, 0.2) is 5.82 Å². The molecule has 0 aliphatic carbocycles. The van der Waals surface area contributed by atoms with Gasteiger partial charge in [-0.3, -0.25) is 4.68 Å². The highest BCUT2D eigenvalue weighted by molar-refractivity contribution is 7.21. The summed E-state index contributed by atoms with van der Waals surface area (Å²) in [7, 11) is 1.63. The fraction of sp³-hybridized carbons (Fsp3) is 0.300. The molecule has 0 aliphatic heterocycles. The molecule has 3 rings (SSSR count). The van der Waals surface area contributed by atoms with E-state index in [4.69, 9.17) is 4.52 Å². The summed E-state index contributed by atoms with van der Waals surface area (Å²) in [6, 6.07) is 1.61. The Morgan fingerprint density at radius 1 is 1.44 bits per heavy atom. The van der Waals surface area contributed by atoms with Crippen LogP contribution in [0.25, 0.3) is 21.0 Å². The molecule has 0 amide bonds. The number of aryl methyl sites for hydroxylation is 2. The van der Waals surface area contributed by atoms with Gasteiger partial charge in [0.2, 0.25) is 0 Å². The third-order valence-electron chi connectivity index (χ3n) is 2.49. The second-order valence-electron chi connectivity index (χ2n) is 3.79. The van der Waals surface area contributed by atoms with Crippen molar-refractivity contribution in [2.24, 2.45) is 7.05 Å². The summed E-state index contributed by atoms with van der Waals surface area (Å²) in [6.07, 6.45) is -2.60. The van der Waals surface area contributed by atoms with Gasteiger partial charge in [0.1, 0.15) is 10.5 Å². The van der Waals surface area contributed by atoms with Gasteiger partial charge < -0.3 is 4.52 Å². The van der Waals surface area contributed by atoms with Gasteiger partial charge >= 0.3 is 0 Å². The minimum Gasteiger partial charge on any atom is -0.333 e. The molecule has 0 bridgehead atoms. The predicted molar refractivity (Wildman–Crippen MR) is 61.6 cm³/mol. The van der Waals surface area contributed by atoms with Crippen LogP contribution in [0.4, 0.5) is 8.78 Å². The smallest absolute Gasteiger partial charge is 0.282 e. The van der Waals surface area contributed by atoms with Gasteiger partial charge in [0, 0.05) is 12.4 Å². The van der Waals surface area contributed by atoms with Crippen molar-refractivity contribution in [1.29, 1.82) is 0 Å². The van der Waals surface area contributed by atoms with Crippen LogP contribution in [0.2, 0.25) is 0 Å². The maximum atomic E-state index is 12.8. The summed E-state index contributed by atoms with van der Waals surface area (Å²) in [5, 5.41) is 7.91. The first kappa shape index (κ1) is 11.3.